The lowest BCUT2D eigenvalue weighted by Crippen LogP contribution is -2.35. The number of nitrogens with zero attached hydrogens (tertiary/aromatic N) is 1. The van der Waals surface area contributed by atoms with Crippen LogP contribution in [0.4, 0.5) is 0 Å². The van der Waals surface area contributed by atoms with Gasteiger partial charge in [-0.15, -0.1) is 0 Å². The van der Waals surface area contributed by atoms with Crippen molar-refractivity contribution >= 4 is 8.56 Å². The van der Waals surface area contributed by atoms with E-state index in [1.54, 1.807) is 12.4 Å². The molecule has 6 heteroatoms. The van der Waals surface area contributed by atoms with E-state index in [0.29, 0.717) is 33.0 Å². The van der Waals surface area contributed by atoms with Crippen LogP contribution in [0.3, 0.4) is 0 Å². The van der Waals surface area contributed by atoms with Gasteiger partial charge in [-0.3, -0.25) is 4.98 Å². The van der Waals surface area contributed by atoms with Crippen molar-refractivity contribution in [2.24, 2.45) is 0 Å². The van der Waals surface area contributed by atoms with Gasteiger partial charge in [0.1, 0.15) is 0 Å². The van der Waals surface area contributed by atoms with Crippen LogP contribution in [0.15, 0.2) is 24.5 Å². The van der Waals surface area contributed by atoms with Crippen molar-refractivity contribution in [2.75, 3.05) is 33.0 Å². The van der Waals surface area contributed by atoms with E-state index < -0.39 is 8.56 Å². The second-order valence-electron chi connectivity index (χ2n) is 4.71. The molecule has 1 aromatic heterocycles. The monoisotopic (exact) mass is 299 g/mol. The molecule has 0 saturated carbocycles. The largest absolute Gasteiger partial charge is 0.392 e. The number of ether oxygens (including phenoxy) is 2. The summed E-state index contributed by atoms with van der Waals surface area (Å²) >= 11 is 0. The van der Waals surface area contributed by atoms with Crippen molar-refractivity contribution < 1.29 is 18.3 Å². The molecule has 1 aromatic rings. The lowest BCUT2D eigenvalue weighted by Gasteiger charge is -2.22. The van der Waals surface area contributed by atoms with Crippen LogP contribution in [-0.2, 0) is 24.9 Å². The summed E-state index contributed by atoms with van der Waals surface area (Å²) in [7, 11) is -2.10. The van der Waals surface area contributed by atoms with Crippen LogP contribution in [0.1, 0.15) is 12.5 Å². The summed E-state index contributed by atoms with van der Waals surface area (Å²) in [5, 5.41) is 0. The Morgan fingerprint density at radius 1 is 1.05 bits per heavy atom. The van der Waals surface area contributed by atoms with Gasteiger partial charge < -0.3 is 18.3 Å². The van der Waals surface area contributed by atoms with Crippen LogP contribution >= 0.6 is 0 Å². The molecule has 20 heavy (non-hydrogen) atoms. The molecule has 0 fully saturated rings. The first kappa shape index (κ1) is 17.3. The highest BCUT2D eigenvalue weighted by Crippen LogP contribution is 2.10. The number of rotatable bonds is 11. The third-order valence-corrected chi connectivity index (χ3v) is 4.30. The van der Waals surface area contributed by atoms with E-state index in [4.69, 9.17) is 18.3 Å². The Hall–Kier alpha value is -0.793. The van der Waals surface area contributed by atoms with Gasteiger partial charge in [0.2, 0.25) is 0 Å². The Labute approximate surface area is 122 Å². The number of hydrogen-bond acceptors (Lipinski definition) is 5. The van der Waals surface area contributed by atoms with Crippen LogP contribution in [0.5, 0.6) is 0 Å². The van der Waals surface area contributed by atoms with E-state index >= 15 is 0 Å². The minimum Gasteiger partial charge on any atom is -0.392 e. The second-order valence-corrected chi connectivity index (χ2v) is 8.08. The maximum atomic E-state index is 5.86. The molecule has 0 saturated heterocycles. The van der Waals surface area contributed by atoms with Gasteiger partial charge in [0, 0.05) is 19.0 Å². The predicted octanol–water partition coefficient (Wildman–Crippen LogP) is 2.37. The summed E-state index contributed by atoms with van der Waals surface area (Å²) in [6.07, 6.45) is 3.56. The molecule has 0 unspecified atom stereocenters. The molecule has 0 radical (unpaired) electrons. The minimum atomic E-state index is -2.10. The molecule has 5 nitrogen and oxygen atoms in total. The SMILES string of the molecule is CCOCCOCCO[Si](C)(C)OCc1cccnc1. The smallest absolute Gasteiger partial charge is 0.332 e. The summed E-state index contributed by atoms with van der Waals surface area (Å²) in [6.45, 7) is 9.66. The maximum absolute atomic E-state index is 5.86. The zero-order chi connectivity index (χ0) is 14.7. The summed E-state index contributed by atoms with van der Waals surface area (Å²) in [5.74, 6) is 0. The highest BCUT2D eigenvalue weighted by atomic mass is 28.4. The lowest BCUT2D eigenvalue weighted by molar-refractivity contribution is 0.0337. The molecule has 0 aliphatic heterocycles. The third-order valence-electron chi connectivity index (χ3n) is 2.56. The molecule has 0 bridgehead atoms. The quantitative estimate of drug-likeness (QED) is 0.464. The highest BCUT2D eigenvalue weighted by Gasteiger charge is 2.24. The molecule has 1 heterocycles. The maximum Gasteiger partial charge on any atom is 0.332 e. The standard InChI is InChI=1S/C14H25NO4Si/c1-4-16-8-9-17-10-11-18-20(2,3)19-13-14-6-5-7-15-12-14/h5-7,12H,4,8-11,13H2,1-3H3. The third kappa shape index (κ3) is 8.39. The summed E-state index contributed by atoms with van der Waals surface area (Å²) < 4.78 is 22.2. The Bertz CT molecular complexity index is 348. The highest BCUT2D eigenvalue weighted by molar-refractivity contribution is 6.64. The zero-order valence-corrected chi connectivity index (χ0v) is 13.6. The van der Waals surface area contributed by atoms with Crippen LogP contribution in [0, 0.1) is 0 Å². The number of pyridine rings is 1. The van der Waals surface area contributed by atoms with Crippen molar-refractivity contribution in [3.8, 4) is 0 Å². The van der Waals surface area contributed by atoms with Gasteiger partial charge in [-0.2, -0.15) is 0 Å². The summed E-state index contributed by atoms with van der Waals surface area (Å²) in [4.78, 5) is 4.06. The lowest BCUT2D eigenvalue weighted by atomic mass is 10.3. The van der Waals surface area contributed by atoms with Gasteiger partial charge in [-0.05, 0) is 31.6 Å². The Balaban J connectivity index is 2.09. The first-order chi connectivity index (χ1) is 9.64. The van der Waals surface area contributed by atoms with Crippen molar-refractivity contribution in [3.63, 3.8) is 0 Å². The molecule has 0 atom stereocenters. The van der Waals surface area contributed by atoms with Gasteiger partial charge in [0.15, 0.2) is 0 Å². The van der Waals surface area contributed by atoms with E-state index in [1.165, 1.54) is 0 Å². The molecule has 0 amide bonds. The topological polar surface area (TPSA) is 49.8 Å². The predicted molar refractivity (Wildman–Crippen MR) is 79.8 cm³/mol. The minimum absolute atomic E-state index is 0.540. The van der Waals surface area contributed by atoms with Gasteiger partial charge in [0.05, 0.1) is 33.0 Å². The Morgan fingerprint density at radius 3 is 2.50 bits per heavy atom. The van der Waals surface area contributed by atoms with E-state index in [1.807, 2.05) is 32.2 Å². The van der Waals surface area contributed by atoms with Crippen molar-refractivity contribution in [3.05, 3.63) is 30.1 Å². The molecule has 114 valence electrons. The van der Waals surface area contributed by atoms with Crippen molar-refractivity contribution in [2.45, 2.75) is 26.6 Å². The fourth-order valence-electron chi connectivity index (χ4n) is 1.49. The average molecular weight is 299 g/mol. The molecular weight excluding hydrogens is 274 g/mol. The zero-order valence-electron chi connectivity index (χ0n) is 12.6. The van der Waals surface area contributed by atoms with Gasteiger partial charge in [-0.1, -0.05) is 6.07 Å². The van der Waals surface area contributed by atoms with E-state index in [2.05, 4.69) is 4.98 Å². The Morgan fingerprint density at radius 2 is 1.80 bits per heavy atom. The van der Waals surface area contributed by atoms with Gasteiger partial charge in [-0.25, -0.2) is 0 Å². The van der Waals surface area contributed by atoms with Crippen LogP contribution in [-0.4, -0.2) is 46.6 Å². The van der Waals surface area contributed by atoms with Gasteiger partial charge >= 0.3 is 8.56 Å². The van der Waals surface area contributed by atoms with E-state index in [-0.39, 0.29) is 0 Å². The summed E-state index contributed by atoms with van der Waals surface area (Å²) in [5.41, 5.74) is 1.06. The van der Waals surface area contributed by atoms with Crippen molar-refractivity contribution in [1.29, 1.82) is 0 Å². The summed E-state index contributed by atoms with van der Waals surface area (Å²) in [6, 6.07) is 3.90. The fourth-order valence-corrected chi connectivity index (χ4v) is 2.67. The van der Waals surface area contributed by atoms with Gasteiger partial charge in [0.25, 0.3) is 0 Å². The first-order valence-corrected chi connectivity index (χ1v) is 9.78. The van der Waals surface area contributed by atoms with E-state index in [9.17, 15) is 0 Å². The molecule has 1 rings (SSSR count). The number of hydrogen-bond donors (Lipinski definition) is 0. The van der Waals surface area contributed by atoms with Crippen LogP contribution in [0.2, 0.25) is 13.1 Å². The molecule has 0 aromatic carbocycles. The molecule has 0 spiro atoms. The van der Waals surface area contributed by atoms with Crippen molar-refractivity contribution in [1.82, 2.24) is 4.98 Å². The fraction of sp³-hybridized carbons (Fsp3) is 0.643. The second kappa shape index (κ2) is 10.0. The van der Waals surface area contributed by atoms with Crippen LogP contribution in [0.25, 0.3) is 0 Å². The molecule has 0 aliphatic rings. The first-order valence-electron chi connectivity index (χ1n) is 6.96. The normalized spacial score (nSPS) is 11.8. The average Bonchev–Trinajstić information content (AvgIpc) is 2.45. The molecule has 0 N–H and O–H groups in total. The molecule has 0 aliphatic carbocycles. The van der Waals surface area contributed by atoms with Crippen LogP contribution < -0.4 is 0 Å². The Kier molecular flexibility index (Phi) is 8.64. The number of aromatic nitrogens is 1. The van der Waals surface area contributed by atoms with E-state index in [0.717, 1.165) is 12.2 Å². The molecular formula is C14H25NO4Si.